The van der Waals surface area contributed by atoms with Crippen LogP contribution in [0.4, 0.5) is 13.2 Å². The smallest absolute Gasteiger partial charge is 0.338 e. The van der Waals surface area contributed by atoms with Crippen molar-refractivity contribution < 1.29 is 42.5 Å². The number of nitrogens with zero attached hydrogens (tertiary/aromatic N) is 4. The lowest BCUT2D eigenvalue weighted by atomic mass is 9.86. The summed E-state index contributed by atoms with van der Waals surface area (Å²) in [6.07, 6.45) is 0.0565. The van der Waals surface area contributed by atoms with Gasteiger partial charge >= 0.3 is 11.9 Å². The number of aliphatic hydroxyl groups is 1. The fourth-order valence-corrected chi connectivity index (χ4v) is 6.15. The van der Waals surface area contributed by atoms with E-state index < -0.39 is 66.4 Å². The van der Waals surface area contributed by atoms with Crippen molar-refractivity contribution >= 4 is 40.7 Å². The Kier molecular flexibility index (Phi) is 9.08. The Balaban J connectivity index is 1.50. The number of amidine groups is 1. The van der Waals surface area contributed by atoms with Gasteiger partial charge < -0.3 is 20.3 Å². The van der Waals surface area contributed by atoms with Gasteiger partial charge in [0.2, 0.25) is 0 Å². The molecule has 238 valence electrons. The molecule has 4 atom stereocenters. The van der Waals surface area contributed by atoms with Crippen LogP contribution in [-0.4, -0.2) is 99.9 Å². The van der Waals surface area contributed by atoms with Crippen molar-refractivity contribution in [1.82, 2.24) is 20.3 Å². The summed E-state index contributed by atoms with van der Waals surface area (Å²) in [7, 11) is 0. The number of aliphatic carboxylic acids is 1. The molecule has 2 aromatic rings. The number of thiazole rings is 1. The summed E-state index contributed by atoms with van der Waals surface area (Å²) in [4.78, 5) is 41.0. The Hall–Kier alpha value is -3.08. The Morgan fingerprint density at radius 2 is 2.11 bits per heavy atom. The summed E-state index contributed by atoms with van der Waals surface area (Å²) < 4.78 is 51.1. The predicted octanol–water partition coefficient (Wildman–Crippen LogP) is 3.25. The lowest BCUT2D eigenvalue weighted by Gasteiger charge is -2.32. The highest BCUT2D eigenvalue weighted by atomic mass is 35.5. The number of carboxylic acids is 1. The number of hydroxylamine groups is 2. The maximum Gasteiger partial charge on any atom is 0.338 e. The third-order valence-electron chi connectivity index (χ3n) is 8.02. The summed E-state index contributed by atoms with van der Waals surface area (Å²) >= 11 is 7.17. The maximum absolute atomic E-state index is 15.6. The third-order valence-corrected chi connectivity index (χ3v) is 9.10. The number of rotatable bonds is 10. The molecule has 0 aliphatic carbocycles. The molecule has 2 saturated heterocycles. The molecule has 5 rings (SSSR count). The van der Waals surface area contributed by atoms with Crippen molar-refractivity contribution in [3.05, 3.63) is 62.5 Å². The van der Waals surface area contributed by atoms with E-state index in [9.17, 15) is 24.2 Å². The van der Waals surface area contributed by atoms with E-state index in [-0.39, 0.29) is 47.5 Å². The Labute approximate surface area is 259 Å². The third kappa shape index (κ3) is 6.08. The highest BCUT2D eigenvalue weighted by Gasteiger charge is 2.61. The number of aliphatic imine (C=N–C) groups is 1. The maximum atomic E-state index is 15.6. The number of carbonyl (C=O) groups is 2. The van der Waals surface area contributed by atoms with Crippen LogP contribution in [-0.2, 0) is 19.2 Å². The highest BCUT2D eigenvalue weighted by molar-refractivity contribution is 7.11. The molecule has 11 nitrogen and oxygen atoms in total. The first-order valence-electron chi connectivity index (χ1n) is 13.8. The van der Waals surface area contributed by atoms with Crippen molar-refractivity contribution in [2.45, 2.75) is 50.9 Å². The molecule has 0 radical (unpaired) electrons. The largest absolute Gasteiger partial charge is 0.481 e. The molecule has 0 unspecified atom stereocenters. The lowest BCUT2D eigenvalue weighted by molar-refractivity contribution is -0.202. The van der Waals surface area contributed by atoms with Crippen LogP contribution >= 0.6 is 22.9 Å². The first-order valence-corrected chi connectivity index (χ1v) is 15.0. The number of aromatic nitrogens is 1. The van der Waals surface area contributed by atoms with Crippen LogP contribution in [0.1, 0.15) is 37.4 Å². The zero-order chi connectivity index (χ0) is 32.0. The fraction of sp³-hybridized carbons (Fsp3) is 0.500. The molecule has 4 heterocycles. The Bertz CT molecular complexity index is 1490. The molecule has 0 amide bonds. The number of nitrogens with one attached hydrogen (secondary N) is 1. The Morgan fingerprint density at radius 3 is 2.75 bits per heavy atom. The zero-order valence-corrected chi connectivity index (χ0v) is 25.5. The van der Waals surface area contributed by atoms with Crippen LogP contribution in [0.3, 0.4) is 0 Å². The minimum Gasteiger partial charge on any atom is -0.481 e. The molecule has 2 fully saturated rings. The summed E-state index contributed by atoms with van der Waals surface area (Å²) in [5.41, 5.74) is -1.10. The summed E-state index contributed by atoms with van der Waals surface area (Å²) in [6, 6.07) is 0.575. The van der Waals surface area contributed by atoms with Gasteiger partial charge in [-0.05, 0) is 38.5 Å². The van der Waals surface area contributed by atoms with E-state index >= 15 is 8.78 Å². The number of esters is 1. The summed E-state index contributed by atoms with van der Waals surface area (Å²) in [5.74, 6) is -5.83. The first-order chi connectivity index (χ1) is 20.7. The summed E-state index contributed by atoms with van der Waals surface area (Å²) in [6.45, 7) is 2.71. The molecule has 0 spiro atoms. The minimum atomic E-state index is -3.32. The number of fused-ring (bicyclic) bond motifs is 1. The van der Waals surface area contributed by atoms with E-state index in [1.54, 1.807) is 18.5 Å². The molecule has 16 heteroatoms. The molecule has 0 bridgehead atoms. The number of hydrogen-bond donors (Lipinski definition) is 3. The van der Waals surface area contributed by atoms with Crippen molar-refractivity contribution in [2.24, 2.45) is 10.4 Å². The second kappa shape index (κ2) is 12.4. The normalized spacial score (nSPS) is 24.5. The van der Waals surface area contributed by atoms with Gasteiger partial charge in [0, 0.05) is 23.8 Å². The van der Waals surface area contributed by atoms with Gasteiger partial charge in [-0.2, -0.15) is 5.06 Å². The molecule has 3 aliphatic heterocycles. The molecule has 0 saturated carbocycles. The predicted molar refractivity (Wildman–Crippen MR) is 154 cm³/mol. The van der Waals surface area contributed by atoms with Gasteiger partial charge in [0.25, 0.3) is 5.92 Å². The molecule has 44 heavy (non-hydrogen) atoms. The first kappa shape index (κ1) is 32.3. The molecule has 3 N–H and O–H groups in total. The van der Waals surface area contributed by atoms with Gasteiger partial charge in [-0.15, -0.1) is 11.3 Å². The van der Waals surface area contributed by atoms with E-state index in [0.717, 1.165) is 11.1 Å². The van der Waals surface area contributed by atoms with Crippen molar-refractivity contribution in [1.29, 1.82) is 0 Å². The van der Waals surface area contributed by atoms with Gasteiger partial charge in [0.15, 0.2) is 10.8 Å². The number of alkyl halides is 2. The number of carboxylic acid groups (broad SMARTS) is 1. The average molecular weight is 658 g/mol. The second-order valence-corrected chi connectivity index (χ2v) is 12.5. The molecule has 1 aromatic heterocycles. The Morgan fingerprint density at radius 1 is 1.36 bits per heavy atom. The van der Waals surface area contributed by atoms with Gasteiger partial charge in [-0.25, -0.2) is 22.9 Å². The van der Waals surface area contributed by atoms with Crippen LogP contribution in [0.15, 0.2) is 46.0 Å². The molecular formula is C28H31ClF3N5O6S. The number of ether oxygens (including phenoxy) is 1. The van der Waals surface area contributed by atoms with Crippen LogP contribution in [0, 0.1) is 11.2 Å². The zero-order valence-electron chi connectivity index (χ0n) is 24.0. The number of hydrogen-bond acceptors (Lipinski definition) is 11. The van der Waals surface area contributed by atoms with E-state index in [4.69, 9.17) is 21.2 Å². The molecule has 1 aromatic carbocycles. The van der Waals surface area contributed by atoms with Gasteiger partial charge in [-0.3, -0.25) is 19.5 Å². The molecule has 3 aliphatic rings. The minimum absolute atomic E-state index is 0.00930. The molecular weight excluding hydrogens is 627 g/mol. The van der Waals surface area contributed by atoms with E-state index in [1.807, 2.05) is 0 Å². The number of aliphatic hydroxyl groups excluding tert-OH is 1. The monoisotopic (exact) mass is 657 g/mol. The summed E-state index contributed by atoms with van der Waals surface area (Å²) in [5, 5.41) is 26.1. The number of benzene rings is 1. The number of β-amino-alcohol motifs (C(OH)–C–C–N with tert-alkyl or cyclic N) is 1. The second-order valence-electron chi connectivity index (χ2n) is 11.2. The lowest BCUT2D eigenvalue weighted by Crippen LogP contribution is -2.51. The average Bonchev–Trinajstić information content (AvgIpc) is 3.69. The quantitative estimate of drug-likeness (QED) is 0.327. The van der Waals surface area contributed by atoms with Crippen molar-refractivity contribution in [3.8, 4) is 0 Å². The number of likely N-dealkylation sites (tertiary alicyclic amines) is 1. The topological polar surface area (TPSA) is 137 Å². The standard InChI is InChI=1S/C28H31ClF3N5O6S/c1-4-42-25(39)20-17(34-23(24-33-7-8-44-24)35-21(20)14-5-6-15(29)16(30)9-14)10-36-13-28(31,32)22-18(36)12-43-37(22)11-19(38)27(2,3)26(40)41/h5-9,18-19,21-22,38H,4,10-13H2,1-3H3,(H,34,35)(H,40,41)/t18-,19+,21-,22+/m1/s1. The van der Waals surface area contributed by atoms with E-state index in [1.165, 1.54) is 42.2 Å². The number of halogens is 4. The number of carbonyl (C=O) groups excluding carboxylic acids is 1. The van der Waals surface area contributed by atoms with E-state index in [2.05, 4.69) is 15.3 Å². The van der Waals surface area contributed by atoms with Gasteiger partial charge in [-0.1, -0.05) is 17.7 Å². The van der Waals surface area contributed by atoms with Crippen molar-refractivity contribution in [3.63, 3.8) is 0 Å². The fourth-order valence-electron chi connectivity index (χ4n) is 5.44. The van der Waals surface area contributed by atoms with Crippen molar-refractivity contribution in [2.75, 3.05) is 32.8 Å². The van der Waals surface area contributed by atoms with Crippen LogP contribution < -0.4 is 5.32 Å². The SMILES string of the molecule is CCOC(=O)C1=C(CN2CC(F)(F)[C@@H]3[C@H]2CON3C[C@H](O)C(C)(C)C(=O)O)NC(c2nccs2)=N[C@@H]1c1ccc(Cl)c(F)c1. The van der Waals surface area contributed by atoms with Gasteiger partial charge in [0.1, 0.15) is 17.9 Å². The van der Waals surface area contributed by atoms with Crippen LogP contribution in [0.5, 0.6) is 0 Å². The van der Waals surface area contributed by atoms with Gasteiger partial charge in [0.05, 0.1) is 54.5 Å². The van der Waals surface area contributed by atoms with Crippen LogP contribution in [0.2, 0.25) is 5.02 Å². The van der Waals surface area contributed by atoms with Crippen LogP contribution in [0.25, 0.3) is 0 Å². The van der Waals surface area contributed by atoms with E-state index in [0.29, 0.717) is 5.01 Å². The highest BCUT2D eigenvalue weighted by Crippen LogP contribution is 2.42.